The van der Waals surface area contributed by atoms with Crippen LogP contribution in [-0.4, -0.2) is 13.2 Å². The smallest absolute Gasteiger partial charge is 0.127 e. The molecule has 0 saturated heterocycles. The van der Waals surface area contributed by atoms with Crippen molar-refractivity contribution in [3.8, 4) is 22.6 Å². The van der Waals surface area contributed by atoms with Crippen molar-refractivity contribution in [2.45, 2.75) is 12.8 Å². The van der Waals surface area contributed by atoms with Crippen molar-refractivity contribution in [1.29, 1.82) is 0 Å². The summed E-state index contributed by atoms with van der Waals surface area (Å²) in [6, 6.07) is 21.0. The Morgan fingerprint density at radius 1 is 0.625 bits per heavy atom. The fourth-order valence-electron chi connectivity index (χ4n) is 3.82. The van der Waals surface area contributed by atoms with Crippen molar-refractivity contribution in [2.75, 3.05) is 13.2 Å². The zero-order valence-corrected chi connectivity index (χ0v) is 20.9. The van der Waals surface area contributed by atoms with Crippen LogP contribution in [-0.2, 0) is 0 Å². The van der Waals surface area contributed by atoms with Crippen LogP contribution in [0.25, 0.3) is 32.7 Å². The first kappa shape index (κ1) is 22.6. The molecule has 0 aromatic heterocycles. The van der Waals surface area contributed by atoms with Crippen LogP contribution in [0.3, 0.4) is 0 Å². The molecule has 4 heteroatoms. The van der Waals surface area contributed by atoms with Crippen LogP contribution in [0.4, 0.5) is 0 Å². The van der Waals surface area contributed by atoms with E-state index in [0.29, 0.717) is 13.2 Å². The molecule has 0 aliphatic carbocycles. The van der Waals surface area contributed by atoms with E-state index in [1.807, 2.05) is 12.2 Å². The van der Waals surface area contributed by atoms with Gasteiger partial charge in [-0.1, -0.05) is 68.3 Å². The molecule has 0 aliphatic heterocycles. The number of ether oxygens (including phenoxy) is 2. The Kier molecular flexibility index (Phi) is 7.33. The molecular formula is C28H24Br2O2. The highest BCUT2D eigenvalue weighted by Gasteiger charge is 2.19. The molecular weight excluding hydrogens is 528 g/mol. The first-order valence-electron chi connectivity index (χ1n) is 10.5. The minimum Gasteiger partial charge on any atom is -0.493 e. The molecule has 4 aromatic rings. The molecule has 4 aromatic carbocycles. The number of benzene rings is 4. The van der Waals surface area contributed by atoms with Crippen molar-refractivity contribution in [1.82, 2.24) is 0 Å². The van der Waals surface area contributed by atoms with Crippen LogP contribution in [0, 0.1) is 0 Å². The summed E-state index contributed by atoms with van der Waals surface area (Å²) < 4.78 is 14.6. The SMILES string of the molecule is C=CCCOc1ccc2cc(Br)ccc2c1-c1c(OCCC=C)ccc2cc(Br)ccc12. The van der Waals surface area contributed by atoms with E-state index in [1.165, 1.54) is 0 Å². The molecule has 0 unspecified atom stereocenters. The van der Waals surface area contributed by atoms with Crippen molar-refractivity contribution >= 4 is 53.4 Å². The van der Waals surface area contributed by atoms with Gasteiger partial charge in [0.15, 0.2) is 0 Å². The van der Waals surface area contributed by atoms with E-state index >= 15 is 0 Å². The first-order chi connectivity index (χ1) is 15.6. The summed E-state index contributed by atoms with van der Waals surface area (Å²) in [6.07, 6.45) is 5.31. The Morgan fingerprint density at radius 3 is 1.47 bits per heavy atom. The molecule has 0 fully saturated rings. The maximum Gasteiger partial charge on any atom is 0.127 e. The predicted octanol–water partition coefficient (Wildman–Crippen LogP) is 9.09. The maximum atomic E-state index is 6.26. The van der Waals surface area contributed by atoms with Crippen LogP contribution in [0.15, 0.2) is 94.9 Å². The van der Waals surface area contributed by atoms with Crippen LogP contribution in [0.5, 0.6) is 11.5 Å². The minimum absolute atomic E-state index is 0.571. The molecule has 0 N–H and O–H groups in total. The van der Waals surface area contributed by atoms with Crippen LogP contribution >= 0.6 is 31.9 Å². The molecule has 162 valence electrons. The van der Waals surface area contributed by atoms with Gasteiger partial charge in [0.1, 0.15) is 11.5 Å². The first-order valence-corrected chi connectivity index (χ1v) is 12.1. The Hall–Kier alpha value is -2.56. The monoisotopic (exact) mass is 550 g/mol. The third-order valence-electron chi connectivity index (χ3n) is 5.30. The zero-order valence-electron chi connectivity index (χ0n) is 17.7. The second-order valence-corrected chi connectivity index (χ2v) is 9.29. The van der Waals surface area contributed by atoms with Gasteiger partial charge in [0.25, 0.3) is 0 Å². The lowest BCUT2D eigenvalue weighted by molar-refractivity contribution is 0.322. The molecule has 0 radical (unpaired) electrons. The molecule has 2 nitrogen and oxygen atoms in total. The van der Waals surface area contributed by atoms with Crippen molar-refractivity contribution in [3.05, 3.63) is 94.9 Å². The van der Waals surface area contributed by atoms with Gasteiger partial charge in [-0.25, -0.2) is 0 Å². The van der Waals surface area contributed by atoms with Crippen LogP contribution in [0.2, 0.25) is 0 Å². The number of fused-ring (bicyclic) bond motifs is 2. The highest BCUT2D eigenvalue weighted by Crippen LogP contribution is 2.46. The lowest BCUT2D eigenvalue weighted by atomic mass is 9.92. The van der Waals surface area contributed by atoms with E-state index in [2.05, 4.69) is 106 Å². The van der Waals surface area contributed by atoms with E-state index in [1.54, 1.807) is 0 Å². The van der Waals surface area contributed by atoms with Gasteiger partial charge >= 0.3 is 0 Å². The number of halogens is 2. The van der Waals surface area contributed by atoms with Crippen molar-refractivity contribution < 1.29 is 9.47 Å². The second kappa shape index (κ2) is 10.4. The molecule has 0 aliphatic rings. The zero-order chi connectivity index (χ0) is 22.5. The fourth-order valence-corrected chi connectivity index (χ4v) is 4.58. The average Bonchev–Trinajstić information content (AvgIpc) is 2.79. The minimum atomic E-state index is 0.571. The summed E-state index contributed by atoms with van der Waals surface area (Å²) in [5, 5.41) is 4.51. The Balaban J connectivity index is 2.03. The second-order valence-electron chi connectivity index (χ2n) is 7.46. The van der Waals surface area contributed by atoms with Gasteiger partial charge in [0.05, 0.1) is 13.2 Å². The lowest BCUT2D eigenvalue weighted by Crippen LogP contribution is -2.01. The van der Waals surface area contributed by atoms with Gasteiger partial charge in [-0.15, -0.1) is 13.2 Å². The molecule has 4 rings (SSSR count). The summed E-state index contributed by atoms with van der Waals surface area (Å²) in [7, 11) is 0. The Labute approximate surface area is 205 Å². The van der Waals surface area contributed by atoms with E-state index in [0.717, 1.165) is 66.0 Å². The molecule has 0 spiro atoms. The van der Waals surface area contributed by atoms with E-state index in [9.17, 15) is 0 Å². The van der Waals surface area contributed by atoms with Gasteiger partial charge in [0, 0.05) is 20.1 Å². The number of rotatable bonds is 9. The van der Waals surface area contributed by atoms with Crippen LogP contribution in [0.1, 0.15) is 12.8 Å². The largest absolute Gasteiger partial charge is 0.493 e. The van der Waals surface area contributed by atoms with Gasteiger partial charge < -0.3 is 9.47 Å². The van der Waals surface area contributed by atoms with Gasteiger partial charge in [-0.2, -0.15) is 0 Å². The van der Waals surface area contributed by atoms with E-state index in [-0.39, 0.29) is 0 Å². The highest BCUT2D eigenvalue weighted by atomic mass is 79.9. The van der Waals surface area contributed by atoms with Crippen molar-refractivity contribution in [2.24, 2.45) is 0 Å². The number of hydrogen-bond donors (Lipinski definition) is 0. The summed E-state index contributed by atoms with van der Waals surface area (Å²) in [5.74, 6) is 1.68. The lowest BCUT2D eigenvalue weighted by Gasteiger charge is -2.20. The summed E-state index contributed by atoms with van der Waals surface area (Å²) in [4.78, 5) is 0. The van der Waals surface area contributed by atoms with E-state index in [4.69, 9.17) is 9.47 Å². The Bertz CT molecular complexity index is 1190. The molecule has 0 amide bonds. The van der Waals surface area contributed by atoms with Crippen LogP contribution < -0.4 is 9.47 Å². The Morgan fingerprint density at radius 2 is 1.06 bits per heavy atom. The topological polar surface area (TPSA) is 18.5 Å². The summed E-state index contributed by atoms with van der Waals surface area (Å²) in [6.45, 7) is 8.78. The molecule has 0 atom stereocenters. The molecule has 32 heavy (non-hydrogen) atoms. The molecule has 0 heterocycles. The van der Waals surface area contributed by atoms with Gasteiger partial charge in [-0.05, 0) is 70.8 Å². The third-order valence-corrected chi connectivity index (χ3v) is 6.28. The average molecular weight is 552 g/mol. The van der Waals surface area contributed by atoms with Gasteiger partial charge in [0.2, 0.25) is 0 Å². The molecule has 0 saturated carbocycles. The van der Waals surface area contributed by atoms with Crippen molar-refractivity contribution in [3.63, 3.8) is 0 Å². The van der Waals surface area contributed by atoms with Gasteiger partial charge in [-0.3, -0.25) is 0 Å². The highest BCUT2D eigenvalue weighted by molar-refractivity contribution is 9.10. The third kappa shape index (κ3) is 4.77. The van der Waals surface area contributed by atoms with E-state index < -0.39 is 0 Å². The fraction of sp³-hybridized carbons (Fsp3) is 0.143. The number of hydrogen-bond acceptors (Lipinski definition) is 2. The molecule has 0 bridgehead atoms. The standard InChI is InChI=1S/C28H24Br2O2/c1-3-5-15-31-25-13-7-19-17-21(29)9-11-23(19)27(25)28-24-12-10-22(30)18-20(24)8-14-26(28)32-16-6-4-2/h3-4,7-14,17-18H,1-2,5-6,15-16H2. The summed E-state index contributed by atoms with van der Waals surface area (Å²) in [5.41, 5.74) is 2.08. The summed E-state index contributed by atoms with van der Waals surface area (Å²) >= 11 is 7.21. The predicted molar refractivity (Wildman–Crippen MR) is 143 cm³/mol. The quantitative estimate of drug-likeness (QED) is 0.152. The maximum absolute atomic E-state index is 6.26. The normalized spacial score (nSPS) is 10.9.